The molecule has 0 radical (unpaired) electrons. The molecule has 3 aromatic rings. The molecule has 11 heteroatoms. The Morgan fingerprint density at radius 2 is 1.79 bits per heavy atom. The summed E-state index contributed by atoms with van der Waals surface area (Å²) in [6, 6.07) is 10.5. The first-order valence-corrected chi connectivity index (χ1v) is 13.0. The molecule has 0 spiro atoms. The van der Waals surface area contributed by atoms with Crippen molar-refractivity contribution in [3.05, 3.63) is 81.1 Å². The van der Waals surface area contributed by atoms with Crippen LogP contribution in [0.5, 0.6) is 0 Å². The van der Waals surface area contributed by atoms with Gasteiger partial charge in [0.2, 0.25) is 0 Å². The van der Waals surface area contributed by atoms with Gasteiger partial charge >= 0.3 is 11.9 Å². The summed E-state index contributed by atoms with van der Waals surface area (Å²) >= 11 is 1.53. The third kappa shape index (κ3) is 8.93. The van der Waals surface area contributed by atoms with Crippen molar-refractivity contribution in [2.45, 2.75) is 32.7 Å². The normalized spacial score (nSPS) is 11.6. The second-order valence-electron chi connectivity index (χ2n) is 7.40. The fourth-order valence-corrected chi connectivity index (χ4v) is 3.78. The van der Waals surface area contributed by atoms with Crippen molar-refractivity contribution in [1.82, 2.24) is 9.55 Å². The number of imidazole rings is 1. The summed E-state index contributed by atoms with van der Waals surface area (Å²) < 4.78 is 27.9. The third-order valence-electron chi connectivity index (χ3n) is 4.53. The second kappa shape index (κ2) is 12.3. The highest BCUT2D eigenvalue weighted by Crippen LogP contribution is 2.20. The van der Waals surface area contributed by atoms with Gasteiger partial charge in [-0.2, -0.15) is 8.42 Å². The van der Waals surface area contributed by atoms with Crippen LogP contribution < -0.4 is 0 Å². The van der Waals surface area contributed by atoms with E-state index in [0.717, 1.165) is 34.8 Å². The second-order valence-corrected chi connectivity index (χ2v) is 9.90. The zero-order valence-electron chi connectivity index (χ0n) is 18.7. The number of aromatic nitrogens is 2. The Kier molecular flexibility index (Phi) is 9.72. The number of thiophene rings is 1. The molecule has 0 amide bonds. The molecule has 0 aliphatic heterocycles. The minimum Gasteiger partial charge on any atom is -0.478 e. The summed E-state index contributed by atoms with van der Waals surface area (Å²) in [7, 11) is -3.67. The van der Waals surface area contributed by atoms with Crippen LogP contribution in [0.2, 0.25) is 0 Å². The fraction of sp³-hybridized carbons (Fsp3) is 0.261. The lowest BCUT2D eigenvalue weighted by atomic mass is 10.1. The van der Waals surface area contributed by atoms with Crippen LogP contribution >= 0.6 is 11.3 Å². The average Bonchev–Trinajstić information content (AvgIpc) is 3.38. The van der Waals surface area contributed by atoms with Gasteiger partial charge in [0.1, 0.15) is 5.82 Å². The Bertz CT molecular complexity index is 1230. The zero-order chi connectivity index (χ0) is 25.3. The first-order valence-electron chi connectivity index (χ1n) is 10.2. The average molecular weight is 507 g/mol. The standard InChI is InChI=1S/C22H22N2O4S.CH4O3S/c1-2-4-20-23-13-18(11-17(22(27)28)12-19-5-3-10-29-19)24(20)14-15-6-8-16(9-7-15)21(25)26;1-5(2,3)4/h3,5-11,13H,2,4,12,14H2,1H3,(H,25,26)(H,27,28);1H3,(H,2,3,4)/b17-11+;. The number of carboxylic acid groups (broad SMARTS) is 2. The molecule has 0 atom stereocenters. The van der Waals surface area contributed by atoms with E-state index in [1.807, 2.05) is 22.1 Å². The number of aryl methyl sites for hydroxylation is 1. The molecule has 2 aromatic heterocycles. The molecule has 9 nitrogen and oxygen atoms in total. The van der Waals surface area contributed by atoms with Crippen molar-refractivity contribution in [3.63, 3.8) is 0 Å². The number of aromatic carboxylic acids is 1. The number of carboxylic acids is 2. The van der Waals surface area contributed by atoms with Gasteiger partial charge in [-0.1, -0.05) is 25.1 Å². The van der Waals surface area contributed by atoms with Crippen molar-refractivity contribution in [2.75, 3.05) is 6.26 Å². The van der Waals surface area contributed by atoms with Gasteiger partial charge in [0.15, 0.2) is 0 Å². The molecule has 0 bridgehead atoms. The third-order valence-corrected chi connectivity index (χ3v) is 5.40. The summed E-state index contributed by atoms with van der Waals surface area (Å²) in [6.07, 6.45) is 6.14. The van der Waals surface area contributed by atoms with Crippen LogP contribution in [0.4, 0.5) is 0 Å². The molecule has 0 aliphatic rings. The van der Waals surface area contributed by atoms with E-state index in [-0.39, 0.29) is 5.56 Å². The first kappa shape index (κ1) is 27.0. The van der Waals surface area contributed by atoms with Crippen molar-refractivity contribution < 1.29 is 32.8 Å². The van der Waals surface area contributed by atoms with E-state index < -0.39 is 22.1 Å². The van der Waals surface area contributed by atoms with Gasteiger partial charge in [0, 0.05) is 29.8 Å². The summed E-state index contributed by atoms with van der Waals surface area (Å²) in [6.45, 7) is 2.56. The molecule has 2 heterocycles. The van der Waals surface area contributed by atoms with E-state index in [0.29, 0.717) is 24.8 Å². The van der Waals surface area contributed by atoms with E-state index in [9.17, 15) is 23.1 Å². The number of aliphatic carboxylic acids is 1. The minimum atomic E-state index is -3.67. The van der Waals surface area contributed by atoms with Crippen LogP contribution in [0, 0.1) is 0 Å². The van der Waals surface area contributed by atoms with Gasteiger partial charge in [0.05, 0.1) is 23.7 Å². The number of rotatable bonds is 9. The van der Waals surface area contributed by atoms with Gasteiger partial charge in [-0.15, -0.1) is 11.3 Å². The van der Waals surface area contributed by atoms with Crippen molar-refractivity contribution in [1.29, 1.82) is 0 Å². The maximum absolute atomic E-state index is 11.8. The molecule has 0 unspecified atom stereocenters. The zero-order valence-corrected chi connectivity index (χ0v) is 20.3. The van der Waals surface area contributed by atoms with Gasteiger partial charge in [-0.3, -0.25) is 4.55 Å². The Balaban J connectivity index is 0.000000739. The van der Waals surface area contributed by atoms with E-state index in [1.165, 1.54) is 11.3 Å². The Hall–Kier alpha value is -3.28. The first-order chi connectivity index (χ1) is 16.0. The number of nitrogens with zero attached hydrogens (tertiary/aromatic N) is 2. The van der Waals surface area contributed by atoms with Crippen LogP contribution in [0.25, 0.3) is 6.08 Å². The van der Waals surface area contributed by atoms with E-state index in [4.69, 9.17) is 9.66 Å². The molecule has 3 rings (SSSR count). The van der Waals surface area contributed by atoms with E-state index in [1.54, 1.807) is 36.5 Å². The molecule has 1 aromatic carbocycles. The maximum atomic E-state index is 11.8. The SMILES string of the molecule is CCCc1ncc(/C=C(\Cc2cccs2)C(=O)O)n1Cc1ccc(C(=O)O)cc1.CS(=O)(=O)O. The number of hydrogen-bond acceptors (Lipinski definition) is 6. The minimum absolute atomic E-state index is 0.234. The van der Waals surface area contributed by atoms with Crippen molar-refractivity contribution in [3.8, 4) is 0 Å². The predicted molar refractivity (Wildman–Crippen MR) is 130 cm³/mol. The molecule has 34 heavy (non-hydrogen) atoms. The molecule has 0 aliphatic carbocycles. The fourth-order valence-electron chi connectivity index (χ4n) is 3.05. The lowest BCUT2D eigenvalue weighted by Gasteiger charge is -2.11. The van der Waals surface area contributed by atoms with Crippen LogP contribution in [0.3, 0.4) is 0 Å². The van der Waals surface area contributed by atoms with Gasteiger partial charge in [0.25, 0.3) is 10.1 Å². The summed E-state index contributed by atoms with van der Waals surface area (Å²) in [4.78, 5) is 28.3. The van der Waals surface area contributed by atoms with E-state index >= 15 is 0 Å². The molecular weight excluding hydrogens is 480 g/mol. The Morgan fingerprint density at radius 1 is 1.15 bits per heavy atom. The molecule has 3 N–H and O–H groups in total. The summed E-state index contributed by atoms with van der Waals surface area (Å²) in [5, 5.41) is 20.7. The van der Waals surface area contributed by atoms with Crippen LogP contribution in [0.1, 0.15) is 45.7 Å². The highest BCUT2D eigenvalue weighted by molar-refractivity contribution is 7.85. The number of hydrogen-bond donors (Lipinski definition) is 3. The van der Waals surface area contributed by atoms with Crippen molar-refractivity contribution >= 4 is 39.5 Å². The summed E-state index contributed by atoms with van der Waals surface area (Å²) in [5.41, 5.74) is 2.19. The Morgan fingerprint density at radius 3 is 2.29 bits per heavy atom. The molecule has 182 valence electrons. The topological polar surface area (TPSA) is 147 Å². The molecule has 0 saturated heterocycles. The largest absolute Gasteiger partial charge is 0.478 e. The van der Waals surface area contributed by atoms with Gasteiger partial charge in [-0.25, -0.2) is 14.6 Å². The highest BCUT2D eigenvalue weighted by atomic mass is 32.2. The lowest BCUT2D eigenvalue weighted by Crippen LogP contribution is -2.09. The lowest BCUT2D eigenvalue weighted by molar-refractivity contribution is -0.132. The smallest absolute Gasteiger partial charge is 0.335 e. The molecular formula is C23H26N2O7S2. The number of benzene rings is 1. The monoisotopic (exact) mass is 506 g/mol. The van der Waals surface area contributed by atoms with Crippen molar-refractivity contribution in [2.24, 2.45) is 0 Å². The quantitative estimate of drug-likeness (QED) is 0.293. The molecule has 0 saturated carbocycles. The summed E-state index contributed by atoms with van der Waals surface area (Å²) in [5.74, 6) is -1.04. The van der Waals surface area contributed by atoms with Crippen LogP contribution in [-0.2, 0) is 34.3 Å². The Labute approximate surface area is 201 Å². The predicted octanol–water partition coefficient (Wildman–Crippen LogP) is 3.86. The maximum Gasteiger partial charge on any atom is 0.335 e. The van der Waals surface area contributed by atoms with Gasteiger partial charge in [-0.05, 0) is 41.6 Å². The van der Waals surface area contributed by atoms with E-state index in [2.05, 4.69) is 11.9 Å². The van der Waals surface area contributed by atoms with Crippen LogP contribution in [-0.4, -0.2) is 50.9 Å². The highest BCUT2D eigenvalue weighted by Gasteiger charge is 2.14. The molecule has 0 fully saturated rings. The van der Waals surface area contributed by atoms with Crippen LogP contribution in [0.15, 0.2) is 53.5 Å². The van der Waals surface area contributed by atoms with Gasteiger partial charge < -0.3 is 14.8 Å². The number of carbonyl (C=O) groups is 2.